The highest BCUT2D eigenvalue weighted by molar-refractivity contribution is 7.22. The Hall–Kier alpha value is -1.46. The average Bonchev–Trinajstić information content (AvgIpc) is 3.22. The molecule has 0 spiro atoms. The van der Waals surface area contributed by atoms with E-state index in [4.69, 9.17) is 0 Å². The van der Waals surface area contributed by atoms with Crippen molar-refractivity contribution >= 4 is 32.6 Å². The number of hydrogen-bond acceptors (Lipinski definition) is 4. The molecule has 3 rings (SSSR count). The molecule has 1 aromatic carbocycles. The third-order valence-corrected chi connectivity index (χ3v) is 4.75. The number of carbonyl (C=O) groups excluding carboxylic acids is 1. The van der Waals surface area contributed by atoms with Gasteiger partial charge in [0.25, 0.3) is 0 Å². The van der Waals surface area contributed by atoms with Gasteiger partial charge in [-0.15, -0.1) is 0 Å². The fraction of sp³-hybridized carbons (Fsp3) is 0.500. The average molecular weight is 303 g/mol. The fourth-order valence-electron chi connectivity index (χ4n) is 2.37. The standard InChI is InChI=1S/C16H21N3OS/c1-18(2)10-5-11-19(15(20)12-8-9-12)16-17-13-6-3-4-7-14(13)21-16/h3-4,6-7,12H,5,8-11H2,1-2H3. The quantitative estimate of drug-likeness (QED) is 0.823. The van der Waals surface area contributed by atoms with Crippen molar-refractivity contribution < 1.29 is 4.79 Å². The second kappa shape index (κ2) is 6.12. The maximum atomic E-state index is 12.5. The number of nitrogens with zero attached hydrogens (tertiary/aromatic N) is 3. The van der Waals surface area contributed by atoms with Crippen molar-refractivity contribution in [3.63, 3.8) is 0 Å². The van der Waals surface area contributed by atoms with E-state index >= 15 is 0 Å². The normalized spacial score (nSPS) is 14.8. The van der Waals surface area contributed by atoms with Gasteiger partial charge in [0.2, 0.25) is 5.91 Å². The van der Waals surface area contributed by atoms with Crippen LogP contribution in [0.5, 0.6) is 0 Å². The zero-order chi connectivity index (χ0) is 14.8. The number of amides is 1. The summed E-state index contributed by atoms with van der Waals surface area (Å²) in [5.41, 5.74) is 0.985. The zero-order valence-electron chi connectivity index (χ0n) is 12.6. The van der Waals surface area contributed by atoms with Gasteiger partial charge in [0, 0.05) is 12.5 Å². The lowest BCUT2D eigenvalue weighted by atomic mass is 10.3. The van der Waals surface area contributed by atoms with E-state index in [-0.39, 0.29) is 11.8 Å². The molecule has 4 nitrogen and oxygen atoms in total. The second-order valence-corrected chi connectivity index (χ2v) is 6.89. The van der Waals surface area contributed by atoms with Gasteiger partial charge < -0.3 is 4.90 Å². The van der Waals surface area contributed by atoms with Crippen LogP contribution in [-0.4, -0.2) is 43.0 Å². The third kappa shape index (κ3) is 3.41. The van der Waals surface area contributed by atoms with E-state index in [9.17, 15) is 4.79 Å². The molecule has 1 heterocycles. The van der Waals surface area contributed by atoms with Crippen LogP contribution in [0.4, 0.5) is 5.13 Å². The van der Waals surface area contributed by atoms with Crippen LogP contribution in [0.15, 0.2) is 24.3 Å². The smallest absolute Gasteiger partial charge is 0.231 e. The molecule has 0 unspecified atom stereocenters. The number of hydrogen-bond donors (Lipinski definition) is 0. The third-order valence-electron chi connectivity index (χ3n) is 3.69. The number of anilines is 1. The molecule has 21 heavy (non-hydrogen) atoms. The molecule has 1 aliphatic rings. The first-order chi connectivity index (χ1) is 10.1. The van der Waals surface area contributed by atoms with Gasteiger partial charge in [0.05, 0.1) is 10.2 Å². The Morgan fingerprint density at radius 2 is 2.05 bits per heavy atom. The van der Waals surface area contributed by atoms with E-state index in [2.05, 4.69) is 30.0 Å². The van der Waals surface area contributed by atoms with Crippen LogP contribution in [-0.2, 0) is 4.79 Å². The van der Waals surface area contributed by atoms with Crippen molar-refractivity contribution in [1.82, 2.24) is 9.88 Å². The highest BCUT2D eigenvalue weighted by Gasteiger charge is 2.34. The molecule has 1 aliphatic carbocycles. The van der Waals surface area contributed by atoms with Gasteiger partial charge in [-0.3, -0.25) is 9.69 Å². The Labute approximate surface area is 129 Å². The van der Waals surface area contributed by atoms with Crippen molar-refractivity contribution in [2.75, 3.05) is 32.1 Å². The fourth-order valence-corrected chi connectivity index (χ4v) is 3.37. The zero-order valence-corrected chi connectivity index (χ0v) is 13.4. The first-order valence-corrected chi connectivity index (χ1v) is 8.28. The number of benzene rings is 1. The summed E-state index contributed by atoms with van der Waals surface area (Å²) in [5.74, 6) is 0.490. The summed E-state index contributed by atoms with van der Waals surface area (Å²) < 4.78 is 1.15. The maximum Gasteiger partial charge on any atom is 0.231 e. The molecule has 5 heteroatoms. The number of para-hydroxylation sites is 1. The molecule has 0 bridgehead atoms. The molecule has 0 atom stereocenters. The van der Waals surface area contributed by atoms with Crippen molar-refractivity contribution in [2.45, 2.75) is 19.3 Å². The van der Waals surface area contributed by atoms with Crippen LogP contribution in [0, 0.1) is 5.92 Å². The number of aromatic nitrogens is 1. The van der Waals surface area contributed by atoms with Crippen LogP contribution in [0.1, 0.15) is 19.3 Å². The largest absolute Gasteiger partial charge is 0.309 e. The van der Waals surface area contributed by atoms with Crippen LogP contribution >= 0.6 is 11.3 Å². The number of thiazole rings is 1. The molecule has 0 aliphatic heterocycles. The molecular weight excluding hydrogens is 282 g/mol. The Kier molecular flexibility index (Phi) is 4.22. The van der Waals surface area contributed by atoms with Gasteiger partial charge >= 0.3 is 0 Å². The number of carbonyl (C=O) groups is 1. The topological polar surface area (TPSA) is 36.4 Å². The van der Waals surface area contributed by atoms with Gasteiger partial charge in [-0.2, -0.15) is 0 Å². The molecule has 0 N–H and O–H groups in total. The summed E-state index contributed by atoms with van der Waals surface area (Å²) in [6.45, 7) is 1.74. The monoisotopic (exact) mass is 303 g/mol. The molecule has 112 valence electrons. The molecular formula is C16H21N3OS. The number of fused-ring (bicyclic) bond motifs is 1. The highest BCUT2D eigenvalue weighted by Crippen LogP contribution is 2.35. The summed E-state index contributed by atoms with van der Waals surface area (Å²) in [5, 5.41) is 0.854. The lowest BCUT2D eigenvalue weighted by molar-refractivity contribution is -0.119. The molecule has 1 amide bonds. The van der Waals surface area contributed by atoms with E-state index < -0.39 is 0 Å². The lowest BCUT2D eigenvalue weighted by Crippen LogP contribution is -2.34. The molecule has 0 radical (unpaired) electrons. The summed E-state index contributed by atoms with van der Waals surface area (Å²) in [7, 11) is 4.12. The Morgan fingerprint density at radius 1 is 1.29 bits per heavy atom. The summed E-state index contributed by atoms with van der Waals surface area (Å²) in [6.07, 6.45) is 3.04. The van der Waals surface area contributed by atoms with Crippen LogP contribution < -0.4 is 4.90 Å². The summed E-state index contributed by atoms with van der Waals surface area (Å²) in [6, 6.07) is 8.08. The number of rotatable bonds is 6. The van der Waals surface area contributed by atoms with Gasteiger partial charge in [0.1, 0.15) is 0 Å². The van der Waals surface area contributed by atoms with E-state index in [1.807, 2.05) is 23.1 Å². The predicted molar refractivity (Wildman–Crippen MR) is 87.9 cm³/mol. The Bertz CT molecular complexity index is 600. The lowest BCUT2D eigenvalue weighted by Gasteiger charge is -2.20. The van der Waals surface area contributed by atoms with Crippen molar-refractivity contribution in [2.24, 2.45) is 5.92 Å². The first kappa shape index (κ1) is 14.5. The van der Waals surface area contributed by atoms with Crippen molar-refractivity contribution in [1.29, 1.82) is 0 Å². The van der Waals surface area contributed by atoms with Crippen LogP contribution in [0.3, 0.4) is 0 Å². The molecule has 1 saturated carbocycles. The minimum Gasteiger partial charge on any atom is -0.309 e. The molecule has 0 saturated heterocycles. The SMILES string of the molecule is CN(C)CCCN(C(=O)C1CC1)c1nc2ccccc2s1. The summed E-state index contributed by atoms with van der Waals surface area (Å²) >= 11 is 1.62. The maximum absolute atomic E-state index is 12.5. The Balaban J connectivity index is 1.81. The van der Waals surface area contributed by atoms with Gasteiger partial charge in [-0.1, -0.05) is 23.5 Å². The van der Waals surface area contributed by atoms with E-state index in [1.165, 1.54) is 0 Å². The molecule has 2 aromatic rings. The van der Waals surface area contributed by atoms with Crippen molar-refractivity contribution in [3.05, 3.63) is 24.3 Å². The minimum atomic E-state index is 0.233. The minimum absolute atomic E-state index is 0.233. The van der Waals surface area contributed by atoms with Gasteiger partial charge in [-0.05, 0) is 52.0 Å². The molecule has 1 fully saturated rings. The highest BCUT2D eigenvalue weighted by atomic mass is 32.1. The van der Waals surface area contributed by atoms with Gasteiger partial charge in [-0.25, -0.2) is 4.98 Å². The summed E-state index contributed by atoms with van der Waals surface area (Å²) in [4.78, 5) is 21.2. The van der Waals surface area contributed by atoms with E-state index in [0.717, 1.165) is 47.7 Å². The van der Waals surface area contributed by atoms with Crippen molar-refractivity contribution in [3.8, 4) is 0 Å². The van der Waals surface area contributed by atoms with E-state index in [0.29, 0.717) is 0 Å². The van der Waals surface area contributed by atoms with E-state index in [1.54, 1.807) is 11.3 Å². The second-order valence-electron chi connectivity index (χ2n) is 5.89. The van der Waals surface area contributed by atoms with Gasteiger partial charge in [0.15, 0.2) is 5.13 Å². The molecule has 1 aromatic heterocycles. The van der Waals surface area contributed by atoms with Crippen LogP contribution in [0.2, 0.25) is 0 Å². The first-order valence-electron chi connectivity index (χ1n) is 7.47. The predicted octanol–water partition coefficient (Wildman–Crippen LogP) is 2.99. The van der Waals surface area contributed by atoms with Crippen LogP contribution in [0.25, 0.3) is 10.2 Å². The Morgan fingerprint density at radius 3 is 2.71 bits per heavy atom.